The van der Waals surface area contributed by atoms with Crippen LogP contribution in [0.1, 0.15) is 36.7 Å². The maximum atomic E-state index is 11.8. The monoisotopic (exact) mass is 278 g/mol. The first-order valence-corrected chi connectivity index (χ1v) is 7.63. The Hall–Kier alpha value is -1.36. The highest BCUT2D eigenvalue weighted by Gasteiger charge is 2.15. The number of nitrogens with zero attached hydrogens (tertiary/aromatic N) is 3. The van der Waals surface area contributed by atoms with Crippen LogP contribution in [-0.2, 0) is 17.8 Å². The van der Waals surface area contributed by atoms with Gasteiger partial charge in [0.1, 0.15) is 0 Å². The molecule has 1 aromatic heterocycles. The van der Waals surface area contributed by atoms with E-state index in [4.69, 9.17) is 0 Å². The molecule has 0 saturated carbocycles. The van der Waals surface area contributed by atoms with Crippen LogP contribution in [0.2, 0.25) is 0 Å². The van der Waals surface area contributed by atoms with Gasteiger partial charge in [0.15, 0.2) is 0 Å². The minimum absolute atomic E-state index is 0.129. The summed E-state index contributed by atoms with van der Waals surface area (Å²) in [6.07, 6.45) is 3.46. The number of nitrogens with one attached hydrogen (secondary N) is 1. The number of carbonyl (C=O) groups is 1. The Morgan fingerprint density at radius 2 is 2.00 bits per heavy atom. The standard InChI is InChI=1S/C15H26N4O/c1-4-14-12(2)17-19(13(14)3)10-7-16-15(20)11-18-8-5-6-9-18/h4-11H2,1-3H3,(H,16,20). The van der Waals surface area contributed by atoms with Crippen molar-refractivity contribution in [2.24, 2.45) is 0 Å². The molecule has 1 aromatic rings. The highest BCUT2D eigenvalue weighted by atomic mass is 16.2. The van der Waals surface area contributed by atoms with Crippen LogP contribution < -0.4 is 5.32 Å². The molecule has 112 valence electrons. The lowest BCUT2D eigenvalue weighted by atomic mass is 10.1. The summed E-state index contributed by atoms with van der Waals surface area (Å²) in [6.45, 7) is 10.4. The number of rotatable bonds is 6. The molecule has 1 aliphatic heterocycles. The fourth-order valence-corrected chi connectivity index (χ4v) is 2.96. The van der Waals surface area contributed by atoms with E-state index in [1.807, 2.05) is 11.6 Å². The zero-order chi connectivity index (χ0) is 14.5. The molecular formula is C15H26N4O. The highest BCUT2D eigenvalue weighted by molar-refractivity contribution is 5.77. The summed E-state index contributed by atoms with van der Waals surface area (Å²) >= 11 is 0. The van der Waals surface area contributed by atoms with E-state index in [1.165, 1.54) is 24.1 Å². The molecule has 1 aliphatic rings. The Morgan fingerprint density at radius 1 is 1.30 bits per heavy atom. The molecule has 1 saturated heterocycles. The van der Waals surface area contributed by atoms with Gasteiger partial charge in [0.05, 0.1) is 18.8 Å². The van der Waals surface area contributed by atoms with Gasteiger partial charge >= 0.3 is 0 Å². The van der Waals surface area contributed by atoms with Crippen LogP contribution in [0, 0.1) is 13.8 Å². The normalized spacial score (nSPS) is 15.8. The first kappa shape index (κ1) is 15.0. The molecule has 0 bridgehead atoms. The Kier molecular flexibility index (Phi) is 5.17. The van der Waals surface area contributed by atoms with Crippen LogP contribution in [-0.4, -0.2) is 46.8 Å². The van der Waals surface area contributed by atoms with E-state index in [9.17, 15) is 4.79 Å². The van der Waals surface area contributed by atoms with Gasteiger partial charge in [0.25, 0.3) is 0 Å². The first-order chi connectivity index (χ1) is 9.61. The number of aryl methyl sites for hydroxylation is 1. The zero-order valence-electron chi connectivity index (χ0n) is 12.9. The van der Waals surface area contributed by atoms with Gasteiger partial charge in [0.2, 0.25) is 5.91 Å². The number of likely N-dealkylation sites (tertiary alicyclic amines) is 1. The van der Waals surface area contributed by atoms with Crippen molar-refractivity contribution in [2.45, 2.75) is 46.6 Å². The number of amides is 1. The quantitative estimate of drug-likeness (QED) is 0.852. The lowest BCUT2D eigenvalue weighted by Gasteiger charge is -2.14. The van der Waals surface area contributed by atoms with Crippen molar-refractivity contribution < 1.29 is 4.79 Å². The summed E-state index contributed by atoms with van der Waals surface area (Å²) < 4.78 is 2.00. The Bertz CT molecular complexity index is 461. The maximum absolute atomic E-state index is 11.8. The molecule has 2 rings (SSSR count). The van der Waals surface area contributed by atoms with E-state index < -0.39 is 0 Å². The molecule has 0 aromatic carbocycles. The van der Waals surface area contributed by atoms with Gasteiger partial charge < -0.3 is 5.32 Å². The summed E-state index contributed by atoms with van der Waals surface area (Å²) in [5, 5.41) is 7.53. The summed E-state index contributed by atoms with van der Waals surface area (Å²) in [4.78, 5) is 14.0. The fraction of sp³-hybridized carbons (Fsp3) is 0.733. The van der Waals surface area contributed by atoms with Gasteiger partial charge in [-0.05, 0) is 51.8 Å². The summed E-state index contributed by atoms with van der Waals surface area (Å²) in [5.74, 6) is 0.129. The van der Waals surface area contributed by atoms with Crippen molar-refractivity contribution in [1.29, 1.82) is 0 Å². The molecule has 5 nitrogen and oxygen atoms in total. The molecule has 0 unspecified atom stereocenters. The van der Waals surface area contributed by atoms with Gasteiger partial charge in [-0.25, -0.2) is 0 Å². The van der Waals surface area contributed by atoms with Crippen LogP contribution in [0.5, 0.6) is 0 Å². The van der Waals surface area contributed by atoms with Gasteiger partial charge in [0, 0.05) is 12.2 Å². The van der Waals surface area contributed by atoms with Crippen molar-refractivity contribution in [3.05, 3.63) is 17.0 Å². The van der Waals surface area contributed by atoms with Crippen molar-refractivity contribution in [3.63, 3.8) is 0 Å². The van der Waals surface area contributed by atoms with E-state index in [0.717, 1.165) is 31.7 Å². The molecule has 0 aliphatic carbocycles. The van der Waals surface area contributed by atoms with Gasteiger partial charge in [-0.1, -0.05) is 6.92 Å². The first-order valence-electron chi connectivity index (χ1n) is 7.63. The molecule has 2 heterocycles. The van der Waals surface area contributed by atoms with E-state index in [-0.39, 0.29) is 5.91 Å². The van der Waals surface area contributed by atoms with Crippen LogP contribution in [0.15, 0.2) is 0 Å². The van der Waals surface area contributed by atoms with Crippen LogP contribution >= 0.6 is 0 Å². The van der Waals surface area contributed by atoms with E-state index >= 15 is 0 Å². The van der Waals surface area contributed by atoms with Crippen LogP contribution in [0.3, 0.4) is 0 Å². The Morgan fingerprint density at radius 3 is 2.60 bits per heavy atom. The van der Waals surface area contributed by atoms with Crippen LogP contribution in [0.4, 0.5) is 0 Å². The number of aromatic nitrogens is 2. The van der Waals surface area contributed by atoms with Gasteiger partial charge in [-0.15, -0.1) is 0 Å². The minimum Gasteiger partial charge on any atom is -0.353 e. The highest BCUT2D eigenvalue weighted by Crippen LogP contribution is 2.13. The predicted molar refractivity (Wildman–Crippen MR) is 79.8 cm³/mol. The average Bonchev–Trinajstić information content (AvgIpc) is 2.99. The zero-order valence-corrected chi connectivity index (χ0v) is 12.9. The molecule has 5 heteroatoms. The second-order valence-corrected chi connectivity index (χ2v) is 5.56. The molecule has 1 amide bonds. The number of hydrogen-bond acceptors (Lipinski definition) is 3. The van der Waals surface area contributed by atoms with Crippen molar-refractivity contribution in [3.8, 4) is 0 Å². The lowest BCUT2D eigenvalue weighted by Crippen LogP contribution is -2.37. The third kappa shape index (κ3) is 3.60. The molecule has 0 radical (unpaired) electrons. The molecule has 20 heavy (non-hydrogen) atoms. The van der Waals surface area contributed by atoms with E-state index in [2.05, 4.69) is 29.2 Å². The number of carbonyl (C=O) groups excluding carboxylic acids is 1. The predicted octanol–water partition coefficient (Wildman–Crippen LogP) is 1.27. The summed E-state index contributed by atoms with van der Waals surface area (Å²) in [5.41, 5.74) is 3.65. The molecule has 1 N–H and O–H groups in total. The van der Waals surface area contributed by atoms with E-state index in [1.54, 1.807) is 0 Å². The third-order valence-corrected chi connectivity index (χ3v) is 4.10. The van der Waals surface area contributed by atoms with Crippen molar-refractivity contribution >= 4 is 5.91 Å². The molecule has 0 spiro atoms. The second-order valence-electron chi connectivity index (χ2n) is 5.56. The minimum atomic E-state index is 0.129. The fourth-order valence-electron chi connectivity index (χ4n) is 2.96. The topological polar surface area (TPSA) is 50.2 Å². The second kappa shape index (κ2) is 6.88. The third-order valence-electron chi connectivity index (χ3n) is 4.10. The van der Waals surface area contributed by atoms with Gasteiger partial charge in [-0.3, -0.25) is 14.4 Å². The SMILES string of the molecule is CCc1c(C)nn(CCNC(=O)CN2CCCC2)c1C. The van der Waals surface area contributed by atoms with Crippen molar-refractivity contribution in [2.75, 3.05) is 26.2 Å². The maximum Gasteiger partial charge on any atom is 0.234 e. The van der Waals surface area contributed by atoms with E-state index in [0.29, 0.717) is 13.1 Å². The Labute approximate surface area is 121 Å². The Balaban J connectivity index is 1.76. The molecular weight excluding hydrogens is 252 g/mol. The summed E-state index contributed by atoms with van der Waals surface area (Å²) in [7, 11) is 0. The number of hydrogen-bond donors (Lipinski definition) is 1. The lowest BCUT2D eigenvalue weighted by molar-refractivity contribution is -0.122. The van der Waals surface area contributed by atoms with Gasteiger partial charge in [-0.2, -0.15) is 5.10 Å². The van der Waals surface area contributed by atoms with Crippen LogP contribution in [0.25, 0.3) is 0 Å². The largest absolute Gasteiger partial charge is 0.353 e. The molecule has 1 fully saturated rings. The van der Waals surface area contributed by atoms with Crippen molar-refractivity contribution in [1.82, 2.24) is 20.0 Å². The average molecular weight is 278 g/mol. The smallest absolute Gasteiger partial charge is 0.234 e. The molecule has 0 atom stereocenters. The summed E-state index contributed by atoms with van der Waals surface area (Å²) in [6, 6.07) is 0.